The number of benzene rings is 1. The fourth-order valence-electron chi connectivity index (χ4n) is 1.52. The van der Waals surface area contributed by atoms with Gasteiger partial charge in [-0.3, -0.25) is 14.8 Å². The number of nitrogen functional groups attached to an aromatic ring is 1. The first-order valence-corrected chi connectivity index (χ1v) is 7.52. The van der Waals surface area contributed by atoms with Crippen LogP contribution in [0.1, 0.15) is 0 Å². The smallest absolute Gasteiger partial charge is 0.274 e. The number of hydrogen-bond acceptors (Lipinski definition) is 6. The number of thiophene rings is 1. The number of nitrogens with one attached hydrogen (secondary N) is 1. The largest absolute Gasteiger partial charge is 0.397 e. The zero-order valence-electron chi connectivity index (χ0n) is 9.74. The van der Waals surface area contributed by atoms with Crippen molar-refractivity contribution in [2.75, 3.05) is 10.5 Å². The topological polar surface area (TPSA) is 115 Å². The normalized spacial score (nSPS) is 11.2. The summed E-state index contributed by atoms with van der Waals surface area (Å²) in [6.07, 6.45) is 0. The molecule has 1 aromatic heterocycles. The van der Waals surface area contributed by atoms with E-state index < -0.39 is 37.0 Å². The Balaban J connectivity index is 2.49. The van der Waals surface area contributed by atoms with Crippen molar-refractivity contribution in [1.29, 1.82) is 0 Å². The van der Waals surface area contributed by atoms with Gasteiger partial charge in [-0.25, -0.2) is 12.8 Å². The van der Waals surface area contributed by atoms with Gasteiger partial charge in [-0.15, -0.1) is 0 Å². The average Bonchev–Trinajstić information content (AvgIpc) is 2.79. The van der Waals surface area contributed by atoms with E-state index in [4.69, 9.17) is 5.73 Å². The molecule has 0 aliphatic carbocycles. The lowest BCUT2D eigenvalue weighted by atomic mass is 10.3. The molecule has 1 aromatic carbocycles. The van der Waals surface area contributed by atoms with Gasteiger partial charge in [-0.1, -0.05) is 0 Å². The molecule has 0 unspecified atom stereocenters. The van der Waals surface area contributed by atoms with Gasteiger partial charge in [0.1, 0.15) is 4.90 Å². The van der Waals surface area contributed by atoms with Crippen LogP contribution in [0.2, 0.25) is 0 Å². The molecule has 20 heavy (non-hydrogen) atoms. The molecule has 2 rings (SSSR count). The van der Waals surface area contributed by atoms with Crippen LogP contribution >= 0.6 is 11.3 Å². The highest BCUT2D eigenvalue weighted by Gasteiger charge is 2.26. The molecule has 2 aromatic rings. The Bertz CT molecular complexity index is 736. The van der Waals surface area contributed by atoms with E-state index in [0.717, 1.165) is 6.07 Å². The molecule has 0 spiro atoms. The lowest BCUT2D eigenvalue weighted by Crippen LogP contribution is -2.16. The van der Waals surface area contributed by atoms with Gasteiger partial charge in [0.2, 0.25) is 0 Å². The molecule has 0 radical (unpaired) electrons. The Kier molecular flexibility index (Phi) is 3.59. The molecule has 1 heterocycles. The van der Waals surface area contributed by atoms with Crippen LogP contribution < -0.4 is 10.5 Å². The van der Waals surface area contributed by atoms with E-state index in [-0.39, 0.29) is 5.69 Å². The second kappa shape index (κ2) is 5.06. The first kappa shape index (κ1) is 14.2. The van der Waals surface area contributed by atoms with Crippen molar-refractivity contribution in [2.24, 2.45) is 0 Å². The van der Waals surface area contributed by atoms with Crippen molar-refractivity contribution in [2.45, 2.75) is 4.90 Å². The van der Waals surface area contributed by atoms with Crippen molar-refractivity contribution >= 4 is 38.4 Å². The Morgan fingerprint density at radius 2 is 2.10 bits per heavy atom. The Labute approximate surface area is 117 Å². The summed E-state index contributed by atoms with van der Waals surface area (Å²) in [5, 5.41) is 13.7. The fourth-order valence-corrected chi connectivity index (χ4v) is 3.40. The molecule has 0 saturated carbocycles. The first-order chi connectivity index (χ1) is 9.31. The van der Waals surface area contributed by atoms with Gasteiger partial charge in [0.05, 0.1) is 22.4 Å². The first-order valence-electron chi connectivity index (χ1n) is 5.09. The third-order valence-corrected chi connectivity index (χ3v) is 4.47. The summed E-state index contributed by atoms with van der Waals surface area (Å²) in [5.41, 5.74) is 4.53. The van der Waals surface area contributed by atoms with Gasteiger partial charge in [-0.2, -0.15) is 11.3 Å². The van der Waals surface area contributed by atoms with E-state index in [9.17, 15) is 22.9 Å². The van der Waals surface area contributed by atoms with E-state index in [0.29, 0.717) is 6.07 Å². The van der Waals surface area contributed by atoms with E-state index in [1.165, 1.54) is 22.8 Å². The van der Waals surface area contributed by atoms with Crippen molar-refractivity contribution in [3.63, 3.8) is 0 Å². The molecule has 0 bridgehead atoms. The molecule has 10 heteroatoms. The van der Waals surface area contributed by atoms with Crippen LogP contribution in [0, 0.1) is 15.9 Å². The van der Waals surface area contributed by atoms with Crippen LogP contribution in [0.3, 0.4) is 0 Å². The van der Waals surface area contributed by atoms with E-state index in [1.807, 2.05) is 0 Å². The number of halogens is 1. The number of nitrogens with two attached hydrogens (primary N) is 1. The van der Waals surface area contributed by atoms with Gasteiger partial charge in [0.25, 0.3) is 15.7 Å². The quantitative estimate of drug-likeness (QED) is 0.509. The van der Waals surface area contributed by atoms with Crippen molar-refractivity contribution in [3.05, 3.63) is 44.9 Å². The molecule has 3 N–H and O–H groups in total. The number of nitrogens with zero attached hydrogens (tertiary/aromatic N) is 1. The molecular formula is C10H8FN3O4S2. The predicted molar refractivity (Wildman–Crippen MR) is 72.6 cm³/mol. The average molecular weight is 317 g/mol. The third kappa shape index (κ3) is 2.70. The number of non-ortho nitro benzene ring substituents is 1. The van der Waals surface area contributed by atoms with Crippen LogP contribution in [0.4, 0.5) is 21.5 Å². The van der Waals surface area contributed by atoms with Crippen molar-refractivity contribution in [1.82, 2.24) is 0 Å². The van der Waals surface area contributed by atoms with E-state index >= 15 is 0 Å². The second-order valence-electron chi connectivity index (χ2n) is 3.72. The summed E-state index contributed by atoms with van der Waals surface area (Å²) in [6.45, 7) is 0. The maximum atomic E-state index is 13.8. The molecule has 0 aliphatic heterocycles. The van der Waals surface area contributed by atoms with Crippen LogP contribution in [-0.4, -0.2) is 13.3 Å². The lowest BCUT2D eigenvalue weighted by molar-refractivity contribution is -0.385. The van der Waals surface area contributed by atoms with Gasteiger partial charge in [0, 0.05) is 11.4 Å². The summed E-state index contributed by atoms with van der Waals surface area (Å²) >= 11 is 1.25. The number of hydrogen-bond donors (Lipinski definition) is 2. The highest BCUT2D eigenvalue weighted by molar-refractivity contribution is 7.93. The molecule has 0 fully saturated rings. The summed E-state index contributed by atoms with van der Waals surface area (Å²) in [4.78, 5) is 8.87. The fraction of sp³-hybridized carbons (Fsp3) is 0. The summed E-state index contributed by atoms with van der Waals surface area (Å²) in [6, 6.07) is 2.80. The highest BCUT2D eigenvalue weighted by atomic mass is 32.2. The minimum Gasteiger partial charge on any atom is -0.397 e. The zero-order valence-corrected chi connectivity index (χ0v) is 11.4. The maximum Gasteiger partial charge on any atom is 0.274 e. The Morgan fingerprint density at radius 1 is 1.40 bits per heavy atom. The molecule has 0 saturated heterocycles. The van der Waals surface area contributed by atoms with Crippen LogP contribution in [-0.2, 0) is 10.0 Å². The van der Waals surface area contributed by atoms with Gasteiger partial charge >= 0.3 is 0 Å². The summed E-state index contributed by atoms with van der Waals surface area (Å²) in [7, 11) is -4.25. The Morgan fingerprint density at radius 3 is 2.60 bits per heavy atom. The molecule has 0 atom stereocenters. The number of rotatable bonds is 4. The van der Waals surface area contributed by atoms with Crippen LogP contribution in [0.25, 0.3) is 0 Å². The lowest BCUT2D eigenvalue weighted by Gasteiger charge is -2.09. The number of nitro groups is 1. The second-order valence-corrected chi connectivity index (χ2v) is 6.12. The number of anilines is 2. The highest BCUT2D eigenvalue weighted by Crippen LogP contribution is 2.29. The van der Waals surface area contributed by atoms with Crippen molar-refractivity contribution < 1.29 is 17.7 Å². The van der Waals surface area contributed by atoms with Crippen LogP contribution in [0.15, 0.2) is 33.9 Å². The summed E-state index contributed by atoms with van der Waals surface area (Å²) < 4.78 is 40.0. The molecular weight excluding hydrogens is 309 g/mol. The monoisotopic (exact) mass is 317 g/mol. The molecule has 0 aliphatic rings. The minimum absolute atomic E-state index is 0.257. The number of nitro benzene ring substituents is 1. The molecule has 7 nitrogen and oxygen atoms in total. The van der Waals surface area contributed by atoms with Crippen LogP contribution in [0.5, 0.6) is 0 Å². The van der Waals surface area contributed by atoms with Gasteiger partial charge in [-0.05, 0) is 11.4 Å². The SMILES string of the molecule is Nc1cc([N+](=O)[O-])cc(F)c1S(=O)(=O)Nc1ccsc1. The van der Waals surface area contributed by atoms with Gasteiger partial charge in [0.15, 0.2) is 5.82 Å². The minimum atomic E-state index is -4.25. The maximum absolute atomic E-state index is 13.8. The predicted octanol–water partition coefficient (Wildman–Crippen LogP) is 2.18. The Hall–Kier alpha value is -2.20. The van der Waals surface area contributed by atoms with Crippen molar-refractivity contribution in [3.8, 4) is 0 Å². The summed E-state index contributed by atoms with van der Waals surface area (Å²) in [5.74, 6) is -1.28. The van der Waals surface area contributed by atoms with Gasteiger partial charge < -0.3 is 5.73 Å². The van der Waals surface area contributed by atoms with E-state index in [1.54, 1.807) is 5.38 Å². The number of sulfonamides is 1. The molecule has 106 valence electrons. The molecule has 0 amide bonds. The third-order valence-electron chi connectivity index (χ3n) is 2.31. The van der Waals surface area contributed by atoms with E-state index in [2.05, 4.69) is 4.72 Å². The standard InChI is InChI=1S/C10H8FN3O4S2/c11-8-3-7(14(15)16)4-9(12)10(8)20(17,18)13-6-1-2-19-5-6/h1-5,13H,12H2. The zero-order chi connectivity index (χ0) is 14.9.